The fraction of sp³-hybridized carbons (Fsp3) is 0.409. The smallest absolute Gasteiger partial charge is 0.307 e. The Morgan fingerprint density at radius 1 is 1.15 bits per heavy atom. The van der Waals surface area contributed by atoms with Crippen molar-refractivity contribution in [3.05, 3.63) is 65.7 Å². The number of benzene rings is 2. The molecule has 4 rings (SSSR count). The van der Waals surface area contributed by atoms with Crippen LogP contribution in [-0.2, 0) is 11.4 Å². The molecule has 1 N–H and O–H groups in total. The number of nitrogens with zero attached hydrogens (tertiary/aromatic N) is 1. The van der Waals surface area contributed by atoms with Crippen LogP contribution in [0.25, 0.3) is 0 Å². The number of hydrogen-bond donors (Lipinski definition) is 1. The summed E-state index contributed by atoms with van der Waals surface area (Å²) in [6.45, 7) is 0.517. The molecule has 0 radical (unpaired) electrons. The number of hydrogen-bond acceptors (Lipinski definition) is 3. The average Bonchev–Trinajstić information content (AvgIpc) is 2.90. The summed E-state index contributed by atoms with van der Waals surface area (Å²) in [6.07, 6.45) is 2.92. The van der Waals surface area contributed by atoms with Gasteiger partial charge in [-0.2, -0.15) is 0 Å². The summed E-state index contributed by atoms with van der Waals surface area (Å²) in [7, 11) is 2.14. The number of piperidine rings is 1. The molecule has 0 aromatic heterocycles. The predicted molar refractivity (Wildman–Crippen MR) is 100 cm³/mol. The van der Waals surface area contributed by atoms with Crippen molar-refractivity contribution in [1.82, 2.24) is 4.90 Å². The summed E-state index contributed by atoms with van der Waals surface area (Å²) in [5.41, 5.74) is 2.21. The molecule has 4 atom stereocenters. The number of rotatable bonds is 5. The van der Waals surface area contributed by atoms with Gasteiger partial charge in [0.2, 0.25) is 0 Å². The molecule has 4 nitrogen and oxygen atoms in total. The van der Waals surface area contributed by atoms with Crippen molar-refractivity contribution in [3.63, 3.8) is 0 Å². The molecule has 2 heterocycles. The standard InChI is InChI=1S/C22H25NO3/c1-23-17-10-11-20(23)21(19(13-17)22(24)25)16-8-5-9-18(12-16)26-14-15-6-3-2-4-7-15/h2-9,12,17,19-21H,10-11,13-14H2,1H3,(H,24,25)/t17-,19-,20+,21-/m0/s1. The Morgan fingerprint density at radius 3 is 2.73 bits per heavy atom. The number of carboxylic acids is 1. The highest BCUT2D eigenvalue weighted by Gasteiger charge is 2.48. The molecule has 4 heteroatoms. The molecule has 0 aliphatic carbocycles. The predicted octanol–water partition coefficient (Wildman–Crippen LogP) is 3.92. The van der Waals surface area contributed by atoms with Gasteiger partial charge in [-0.25, -0.2) is 0 Å². The number of aliphatic carboxylic acids is 1. The molecular formula is C22H25NO3. The van der Waals surface area contributed by atoms with Crippen LogP contribution in [0, 0.1) is 5.92 Å². The number of likely N-dealkylation sites (N-methyl/N-ethyl adjacent to an activating group) is 1. The highest BCUT2D eigenvalue weighted by atomic mass is 16.5. The van der Waals surface area contributed by atoms with E-state index in [0.29, 0.717) is 18.7 Å². The first-order valence-electron chi connectivity index (χ1n) is 9.35. The highest BCUT2D eigenvalue weighted by Crippen LogP contribution is 2.47. The van der Waals surface area contributed by atoms with Crippen molar-refractivity contribution in [3.8, 4) is 5.75 Å². The summed E-state index contributed by atoms with van der Waals surface area (Å²) < 4.78 is 5.96. The van der Waals surface area contributed by atoms with Crippen LogP contribution in [0.3, 0.4) is 0 Å². The van der Waals surface area contributed by atoms with E-state index in [-0.39, 0.29) is 11.8 Å². The van der Waals surface area contributed by atoms with Crippen LogP contribution in [0.4, 0.5) is 0 Å². The van der Waals surface area contributed by atoms with Crippen molar-refractivity contribution in [1.29, 1.82) is 0 Å². The van der Waals surface area contributed by atoms with Gasteiger partial charge in [-0.15, -0.1) is 0 Å². The zero-order valence-electron chi connectivity index (χ0n) is 15.0. The van der Waals surface area contributed by atoms with Gasteiger partial charge >= 0.3 is 5.97 Å². The second kappa shape index (κ2) is 7.12. The van der Waals surface area contributed by atoms with Crippen LogP contribution in [0.5, 0.6) is 5.75 Å². The van der Waals surface area contributed by atoms with Gasteiger partial charge in [0.15, 0.2) is 0 Å². The lowest BCUT2D eigenvalue weighted by atomic mass is 9.76. The van der Waals surface area contributed by atoms with Crippen molar-refractivity contribution in [2.24, 2.45) is 5.92 Å². The molecular weight excluding hydrogens is 326 g/mol. The van der Waals surface area contributed by atoms with Crippen molar-refractivity contribution in [2.45, 2.75) is 43.9 Å². The minimum Gasteiger partial charge on any atom is -0.489 e. The first-order valence-corrected chi connectivity index (χ1v) is 9.35. The van der Waals surface area contributed by atoms with E-state index in [2.05, 4.69) is 18.0 Å². The average molecular weight is 351 g/mol. The molecule has 2 saturated heterocycles. The number of carboxylic acid groups (broad SMARTS) is 1. The van der Waals surface area contributed by atoms with E-state index in [1.165, 1.54) is 0 Å². The lowest BCUT2D eigenvalue weighted by Gasteiger charge is -2.41. The molecule has 2 aliphatic heterocycles. The van der Waals surface area contributed by atoms with Crippen LogP contribution in [0.15, 0.2) is 54.6 Å². The van der Waals surface area contributed by atoms with Crippen LogP contribution in [-0.4, -0.2) is 35.1 Å². The van der Waals surface area contributed by atoms with Crippen molar-refractivity contribution < 1.29 is 14.6 Å². The van der Waals surface area contributed by atoms with E-state index in [4.69, 9.17) is 4.74 Å². The fourth-order valence-electron chi connectivity index (χ4n) is 4.73. The van der Waals surface area contributed by atoms with Crippen molar-refractivity contribution in [2.75, 3.05) is 7.05 Å². The Bertz CT molecular complexity index is 776. The van der Waals surface area contributed by atoms with Crippen LogP contribution >= 0.6 is 0 Å². The summed E-state index contributed by atoms with van der Waals surface area (Å²) in [5.74, 6) is -0.154. The van der Waals surface area contributed by atoms with E-state index in [1.807, 2.05) is 48.5 Å². The normalized spacial score (nSPS) is 28.0. The quantitative estimate of drug-likeness (QED) is 0.887. The lowest BCUT2D eigenvalue weighted by Crippen LogP contribution is -2.47. The van der Waals surface area contributed by atoms with Gasteiger partial charge in [-0.05, 0) is 49.6 Å². The lowest BCUT2D eigenvalue weighted by molar-refractivity contribution is -0.145. The van der Waals surface area contributed by atoms with E-state index in [1.54, 1.807) is 0 Å². The van der Waals surface area contributed by atoms with Crippen LogP contribution in [0.1, 0.15) is 36.3 Å². The molecule has 2 bridgehead atoms. The van der Waals surface area contributed by atoms with Gasteiger partial charge in [0.25, 0.3) is 0 Å². The third-order valence-corrected chi connectivity index (χ3v) is 6.08. The molecule has 0 amide bonds. The second-order valence-electron chi connectivity index (χ2n) is 7.52. The molecule has 2 aromatic carbocycles. The van der Waals surface area contributed by atoms with Gasteiger partial charge in [0.05, 0.1) is 5.92 Å². The molecule has 26 heavy (non-hydrogen) atoms. The summed E-state index contributed by atoms with van der Waals surface area (Å²) in [6, 6.07) is 18.8. The maximum absolute atomic E-state index is 11.9. The number of fused-ring (bicyclic) bond motifs is 2. The molecule has 2 aliphatic rings. The Kier molecular flexibility index (Phi) is 4.68. The zero-order valence-corrected chi connectivity index (χ0v) is 15.0. The number of carbonyl (C=O) groups is 1. The van der Waals surface area contributed by atoms with Gasteiger partial charge < -0.3 is 9.84 Å². The molecule has 0 saturated carbocycles. The Hall–Kier alpha value is -2.33. The SMILES string of the molecule is CN1[C@H]2CC[C@@H]1[C@@H](c1cccc(OCc3ccccc3)c1)[C@@H](C(=O)O)C2. The highest BCUT2D eigenvalue weighted by molar-refractivity contribution is 5.72. The minimum atomic E-state index is -0.671. The topological polar surface area (TPSA) is 49.8 Å². The van der Waals surface area contributed by atoms with Gasteiger partial charge in [0.1, 0.15) is 12.4 Å². The first kappa shape index (κ1) is 17.1. The Balaban J connectivity index is 1.57. The van der Waals surface area contributed by atoms with E-state index in [0.717, 1.165) is 36.1 Å². The van der Waals surface area contributed by atoms with Crippen LogP contribution in [0.2, 0.25) is 0 Å². The maximum Gasteiger partial charge on any atom is 0.307 e. The first-order chi connectivity index (χ1) is 12.6. The summed E-state index contributed by atoms with van der Waals surface area (Å²) in [5, 5.41) is 9.79. The zero-order chi connectivity index (χ0) is 18.1. The maximum atomic E-state index is 11.9. The summed E-state index contributed by atoms with van der Waals surface area (Å²) >= 11 is 0. The fourth-order valence-corrected chi connectivity index (χ4v) is 4.73. The van der Waals surface area contributed by atoms with E-state index in [9.17, 15) is 9.90 Å². The summed E-state index contributed by atoms with van der Waals surface area (Å²) in [4.78, 5) is 14.3. The Labute approximate surface area is 154 Å². The molecule has 136 valence electrons. The van der Waals surface area contributed by atoms with Gasteiger partial charge in [-0.3, -0.25) is 9.69 Å². The third kappa shape index (κ3) is 3.21. The second-order valence-corrected chi connectivity index (χ2v) is 7.52. The van der Waals surface area contributed by atoms with E-state index >= 15 is 0 Å². The molecule has 0 unspecified atom stereocenters. The van der Waals surface area contributed by atoms with Crippen LogP contribution < -0.4 is 4.74 Å². The van der Waals surface area contributed by atoms with E-state index < -0.39 is 5.97 Å². The molecule has 2 aromatic rings. The monoisotopic (exact) mass is 351 g/mol. The van der Waals surface area contributed by atoms with Gasteiger partial charge in [-0.1, -0.05) is 42.5 Å². The molecule has 0 spiro atoms. The largest absolute Gasteiger partial charge is 0.489 e. The van der Waals surface area contributed by atoms with Gasteiger partial charge in [0, 0.05) is 18.0 Å². The minimum absolute atomic E-state index is 0.0246. The number of ether oxygens (including phenoxy) is 1. The van der Waals surface area contributed by atoms with Crippen molar-refractivity contribution >= 4 is 5.97 Å². The third-order valence-electron chi connectivity index (χ3n) is 6.08. The molecule has 2 fully saturated rings. The Morgan fingerprint density at radius 2 is 1.96 bits per heavy atom.